The minimum atomic E-state index is -4.03. The highest BCUT2D eigenvalue weighted by atomic mass is 32.2. The monoisotopic (exact) mass is 474 g/mol. The van der Waals surface area contributed by atoms with E-state index in [0.29, 0.717) is 21.8 Å². The number of piperidine rings is 1. The Labute approximate surface area is 193 Å². The van der Waals surface area contributed by atoms with Crippen LogP contribution in [0.15, 0.2) is 24.4 Å². The first kappa shape index (κ1) is 22.1. The van der Waals surface area contributed by atoms with E-state index >= 15 is 0 Å². The van der Waals surface area contributed by atoms with Gasteiger partial charge in [-0.2, -0.15) is 12.7 Å². The number of amides is 2. The fraction of sp³-hybridized carbons (Fsp3) is 0.565. The highest BCUT2D eigenvalue weighted by molar-refractivity contribution is 7.90. The van der Waals surface area contributed by atoms with Crippen LogP contribution in [0.4, 0.5) is 10.5 Å². The maximum Gasteiger partial charge on any atom is 0.425 e. The highest BCUT2D eigenvalue weighted by Crippen LogP contribution is 2.37. The Balaban J connectivity index is 1.34. The Morgan fingerprint density at radius 2 is 1.82 bits per heavy atom. The second-order valence-corrected chi connectivity index (χ2v) is 10.9. The molecule has 1 aromatic heterocycles. The zero-order chi connectivity index (χ0) is 23.2. The lowest BCUT2D eigenvalue weighted by Gasteiger charge is -2.33. The van der Waals surface area contributed by atoms with Crippen LogP contribution in [0.1, 0.15) is 50.0 Å². The van der Waals surface area contributed by atoms with Crippen LogP contribution in [0, 0.1) is 5.92 Å². The Hall–Kier alpha value is -2.75. The molecule has 3 fully saturated rings. The van der Waals surface area contributed by atoms with Gasteiger partial charge in [0.05, 0.1) is 12.2 Å². The van der Waals surface area contributed by atoms with Crippen LogP contribution < -0.4 is 4.72 Å². The Morgan fingerprint density at radius 3 is 2.48 bits per heavy atom. The number of anilines is 1. The molecule has 10 heteroatoms. The third-order valence-corrected chi connectivity index (χ3v) is 8.64. The summed E-state index contributed by atoms with van der Waals surface area (Å²) in [5, 5.41) is 0.988. The molecule has 1 saturated carbocycles. The lowest BCUT2D eigenvalue weighted by Crippen LogP contribution is -2.40. The minimum absolute atomic E-state index is 0.00511. The fourth-order valence-corrected chi connectivity index (χ4v) is 6.55. The molecule has 178 valence electrons. The molecule has 0 spiro atoms. The standard InChI is InChI=1S/C23H30N4O5S/c1-25-15-20(16-8-10-26(11-9-16)22(28)17-4-2-3-5-17)19-14-18(6-7-21(19)25)24-33(30,31)27-12-13-32-23(27)29/h6-7,14-17,24H,2-5,8-13H2,1H3. The van der Waals surface area contributed by atoms with Gasteiger partial charge in [-0.1, -0.05) is 12.8 Å². The molecule has 5 rings (SSSR count). The van der Waals surface area contributed by atoms with E-state index in [-0.39, 0.29) is 19.1 Å². The van der Waals surface area contributed by atoms with Crippen molar-refractivity contribution in [3.8, 4) is 0 Å². The normalized spacial score (nSPS) is 20.6. The number of aromatic nitrogens is 1. The number of ether oxygens (including phenoxy) is 1. The van der Waals surface area contributed by atoms with Gasteiger partial charge in [0.1, 0.15) is 6.61 Å². The highest BCUT2D eigenvalue weighted by Gasteiger charge is 2.34. The third-order valence-electron chi connectivity index (χ3n) is 7.23. The van der Waals surface area contributed by atoms with Gasteiger partial charge in [-0.3, -0.25) is 9.52 Å². The third kappa shape index (κ3) is 4.16. The van der Waals surface area contributed by atoms with Gasteiger partial charge < -0.3 is 14.2 Å². The summed E-state index contributed by atoms with van der Waals surface area (Å²) >= 11 is 0. The molecule has 0 atom stereocenters. The number of fused-ring (bicyclic) bond motifs is 1. The van der Waals surface area contributed by atoms with Crippen LogP contribution >= 0.6 is 0 Å². The van der Waals surface area contributed by atoms with Crippen molar-refractivity contribution in [1.29, 1.82) is 0 Å². The first-order valence-corrected chi connectivity index (χ1v) is 13.1. The lowest BCUT2D eigenvalue weighted by atomic mass is 9.88. The fourth-order valence-electron chi connectivity index (χ4n) is 5.45. The van der Waals surface area contributed by atoms with Crippen molar-refractivity contribution in [2.24, 2.45) is 13.0 Å². The molecule has 1 aromatic carbocycles. The molecule has 1 aliphatic carbocycles. The van der Waals surface area contributed by atoms with E-state index in [1.165, 1.54) is 5.56 Å². The summed E-state index contributed by atoms with van der Waals surface area (Å²) in [7, 11) is -2.05. The molecule has 2 amide bonds. The van der Waals surface area contributed by atoms with Crippen molar-refractivity contribution in [1.82, 2.24) is 13.8 Å². The molecule has 3 aliphatic rings. The number of likely N-dealkylation sites (tertiary alicyclic amines) is 1. The number of aryl methyl sites for hydroxylation is 1. The molecule has 0 bridgehead atoms. The summed E-state index contributed by atoms with van der Waals surface area (Å²) in [5.41, 5.74) is 2.59. The van der Waals surface area contributed by atoms with Gasteiger partial charge in [-0.25, -0.2) is 4.79 Å². The van der Waals surface area contributed by atoms with Gasteiger partial charge in [0, 0.05) is 43.2 Å². The van der Waals surface area contributed by atoms with E-state index in [1.54, 1.807) is 6.07 Å². The quantitative estimate of drug-likeness (QED) is 0.717. The number of hydrogen-bond donors (Lipinski definition) is 1. The van der Waals surface area contributed by atoms with Crippen molar-refractivity contribution in [2.75, 3.05) is 31.0 Å². The zero-order valence-corrected chi connectivity index (χ0v) is 19.6. The first-order valence-electron chi connectivity index (χ1n) is 11.7. The average molecular weight is 475 g/mol. The molecule has 0 radical (unpaired) electrons. The summed E-state index contributed by atoms with van der Waals surface area (Å²) in [6.45, 7) is 1.59. The SMILES string of the molecule is Cn1cc(C2CCN(C(=O)C3CCCC3)CC2)c2cc(NS(=O)(=O)N3CCOC3=O)ccc21. The first-order chi connectivity index (χ1) is 15.8. The molecule has 2 saturated heterocycles. The summed E-state index contributed by atoms with van der Waals surface area (Å²) in [4.78, 5) is 26.5. The number of nitrogens with one attached hydrogen (secondary N) is 1. The molecule has 33 heavy (non-hydrogen) atoms. The Morgan fingerprint density at radius 1 is 1.09 bits per heavy atom. The molecular formula is C23H30N4O5S. The van der Waals surface area contributed by atoms with Crippen LogP contribution in [0.25, 0.3) is 10.9 Å². The predicted octanol–water partition coefficient (Wildman–Crippen LogP) is 3.18. The maximum atomic E-state index is 12.8. The van der Waals surface area contributed by atoms with Crippen molar-refractivity contribution in [3.05, 3.63) is 30.0 Å². The average Bonchev–Trinajstić information content (AvgIpc) is 3.54. The molecule has 3 heterocycles. The van der Waals surface area contributed by atoms with E-state index in [9.17, 15) is 18.0 Å². The van der Waals surface area contributed by atoms with Crippen molar-refractivity contribution in [2.45, 2.75) is 44.4 Å². The van der Waals surface area contributed by atoms with E-state index in [0.717, 1.165) is 62.5 Å². The van der Waals surface area contributed by atoms with Crippen LogP contribution in [0.3, 0.4) is 0 Å². The van der Waals surface area contributed by atoms with Gasteiger partial charge >= 0.3 is 16.3 Å². The van der Waals surface area contributed by atoms with Crippen molar-refractivity contribution < 1.29 is 22.7 Å². The van der Waals surface area contributed by atoms with E-state index < -0.39 is 16.3 Å². The number of benzene rings is 1. The maximum absolute atomic E-state index is 12.8. The smallest absolute Gasteiger partial charge is 0.425 e. The van der Waals surface area contributed by atoms with Gasteiger partial charge in [-0.05, 0) is 55.4 Å². The summed E-state index contributed by atoms with van der Waals surface area (Å²) in [6.07, 6.45) is 7.41. The second-order valence-electron chi connectivity index (χ2n) is 9.30. The number of cyclic esters (lactones) is 1. The predicted molar refractivity (Wildman–Crippen MR) is 124 cm³/mol. The number of rotatable bonds is 5. The molecule has 2 aliphatic heterocycles. The van der Waals surface area contributed by atoms with Crippen molar-refractivity contribution in [3.63, 3.8) is 0 Å². The minimum Gasteiger partial charge on any atom is -0.447 e. The summed E-state index contributed by atoms with van der Waals surface area (Å²) < 4.78 is 35.3. The zero-order valence-electron chi connectivity index (χ0n) is 18.8. The van der Waals surface area contributed by atoms with Gasteiger partial charge in [-0.15, -0.1) is 0 Å². The number of nitrogens with zero attached hydrogens (tertiary/aromatic N) is 3. The summed E-state index contributed by atoms with van der Waals surface area (Å²) in [5.74, 6) is 0.838. The molecule has 2 aromatic rings. The molecule has 0 unspecified atom stereocenters. The van der Waals surface area contributed by atoms with Gasteiger partial charge in [0.2, 0.25) is 5.91 Å². The van der Waals surface area contributed by atoms with Crippen molar-refractivity contribution >= 4 is 38.8 Å². The van der Waals surface area contributed by atoms with E-state index in [1.807, 2.05) is 24.1 Å². The lowest BCUT2D eigenvalue weighted by molar-refractivity contribution is -0.136. The topological polar surface area (TPSA) is 101 Å². The Kier molecular flexibility index (Phi) is 5.72. The van der Waals surface area contributed by atoms with Gasteiger partial charge in [0.25, 0.3) is 0 Å². The van der Waals surface area contributed by atoms with Gasteiger partial charge in [0.15, 0.2) is 0 Å². The number of carbonyl (C=O) groups excluding carboxylic acids is 2. The van der Waals surface area contributed by atoms with Crippen LogP contribution in [0.5, 0.6) is 0 Å². The molecule has 1 N–H and O–H groups in total. The Bertz CT molecular complexity index is 1180. The van der Waals surface area contributed by atoms with Crippen LogP contribution in [-0.4, -0.2) is 60.4 Å². The largest absolute Gasteiger partial charge is 0.447 e. The molecule has 9 nitrogen and oxygen atoms in total. The van der Waals surface area contributed by atoms with Crippen LogP contribution in [-0.2, 0) is 26.8 Å². The van der Waals surface area contributed by atoms with E-state index in [2.05, 4.69) is 15.5 Å². The van der Waals surface area contributed by atoms with Crippen LogP contribution in [0.2, 0.25) is 0 Å². The number of carbonyl (C=O) groups is 2. The molecular weight excluding hydrogens is 444 g/mol. The summed E-state index contributed by atoms with van der Waals surface area (Å²) in [6, 6.07) is 5.42. The van der Waals surface area contributed by atoms with E-state index in [4.69, 9.17) is 4.74 Å². The number of hydrogen-bond acceptors (Lipinski definition) is 5. The second kappa shape index (κ2) is 8.55.